The fourth-order valence-electron chi connectivity index (χ4n) is 3.20. The fourth-order valence-corrected chi connectivity index (χ4v) is 5.07. The molecule has 0 bridgehead atoms. The van der Waals surface area contributed by atoms with Gasteiger partial charge in [-0.2, -0.15) is 0 Å². The molecule has 1 aromatic carbocycles. The van der Waals surface area contributed by atoms with Gasteiger partial charge in [0.1, 0.15) is 0 Å². The molecule has 0 fully saturated rings. The zero-order valence-corrected chi connectivity index (χ0v) is 16.9. The Morgan fingerprint density at radius 1 is 0.727 bits per heavy atom. The summed E-state index contributed by atoms with van der Waals surface area (Å²) < 4.78 is 1.50. The van der Waals surface area contributed by atoms with Gasteiger partial charge in [0.15, 0.2) is 0 Å². The van der Waals surface area contributed by atoms with Crippen molar-refractivity contribution in [2.75, 3.05) is 0 Å². The molecule has 0 radical (unpaired) electrons. The standard InChI is InChI=1S/C21H32S/c1-13-11-12-14(19(2,3)4)17-15(13)16(20(5,6)7)18(22-17)21(8,9)10/h11-12H,1-10H3. The molecular weight excluding hydrogens is 284 g/mol. The highest BCUT2D eigenvalue weighted by Crippen LogP contribution is 2.48. The van der Waals surface area contributed by atoms with E-state index in [0.29, 0.717) is 0 Å². The van der Waals surface area contributed by atoms with Gasteiger partial charge in [0.25, 0.3) is 0 Å². The smallest absolute Gasteiger partial charge is 0.0388 e. The minimum absolute atomic E-state index is 0.169. The summed E-state index contributed by atoms with van der Waals surface area (Å²) in [7, 11) is 0. The van der Waals surface area contributed by atoms with Crippen molar-refractivity contribution in [3.05, 3.63) is 33.7 Å². The van der Waals surface area contributed by atoms with Crippen molar-refractivity contribution < 1.29 is 0 Å². The predicted molar refractivity (Wildman–Crippen MR) is 103 cm³/mol. The van der Waals surface area contributed by atoms with E-state index in [9.17, 15) is 0 Å². The third-order valence-corrected chi connectivity index (χ3v) is 5.94. The van der Waals surface area contributed by atoms with Crippen LogP contribution in [0.25, 0.3) is 10.1 Å². The zero-order valence-electron chi connectivity index (χ0n) is 16.1. The summed E-state index contributed by atoms with van der Waals surface area (Å²) in [6.07, 6.45) is 0. The average Bonchev–Trinajstić information content (AvgIpc) is 2.67. The molecule has 0 aliphatic heterocycles. The molecule has 0 nitrogen and oxygen atoms in total. The largest absolute Gasteiger partial charge is 0.139 e. The van der Waals surface area contributed by atoms with Crippen LogP contribution in [0, 0.1) is 6.92 Å². The van der Waals surface area contributed by atoms with Crippen LogP contribution < -0.4 is 0 Å². The molecule has 0 unspecified atom stereocenters. The second kappa shape index (κ2) is 5.09. The number of benzene rings is 1. The lowest BCUT2D eigenvalue weighted by Crippen LogP contribution is -2.19. The average molecular weight is 317 g/mol. The van der Waals surface area contributed by atoms with Crippen LogP contribution in [-0.2, 0) is 16.2 Å². The maximum atomic E-state index is 2.35. The van der Waals surface area contributed by atoms with Crippen LogP contribution in [0.5, 0.6) is 0 Å². The first-order chi connectivity index (χ1) is 9.74. The van der Waals surface area contributed by atoms with Gasteiger partial charge in [-0.15, -0.1) is 11.3 Å². The summed E-state index contributed by atoms with van der Waals surface area (Å²) in [5, 5.41) is 1.51. The van der Waals surface area contributed by atoms with Crippen molar-refractivity contribution in [2.45, 2.75) is 85.5 Å². The number of hydrogen-bond acceptors (Lipinski definition) is 1. The van der Waals surface area contributed by atoms with Gasteiger partial charge in [-0.25, -0.2) is 0 Å². The molecule has 0 amide bonds. The van der Waals surface area contributed by atoms with Crippen molar-refractivity contribution >= 4 is 21.4 Å². The Bertz CT molecular complexity index is 695. The molecule has 0 aliphatic carbocycles. The Balaban J connectivity index is 3.03. The van der Waals surface area contributed by atoms with E-state index in [4.69, 9.17) is 0 Å². The summed E-state index contributed by atoms with van der Waals surface area (Å²) in [4.78, 5) is 1.55. The first-order valence-corrected chi connectivity index (χ1v) is 9.14. The molecule has 2 aromatic rings. The van der Waals surface area contributed by atoms with Crippen molar-refractivity contribution in [1.29, 1.82) is 0 Å². The van der Waals surface area contributed by atoms with Gasteiger partial charge in [-0.1, -0.05) is 74.4 Å². The highest BCUT2D eigenvalue weighted by Gasteiger charge is 2.32. The Hall–Kier alpha value is -0.820. The van der Waals surface area contributed by atoms with E-state index in [1.807, 2.05) is 11.3 Å². The second-order valence-corrected chi connectivity index (χ2v) is 10.7. The molecule has 0 aliphatic rings. The number of aryl methyl sites for hydroxylation is 1. The third-order valence-electron chi connectivity index (χ3n) is 4.29. The number of fused-ring (bicyclic) bond motifs is 1. The highest BCUT2D eigenvalue weighted by atomic mass is 32.1. The minimum Gasteiger partial charge on any atom is -0.139 e. The van der Waals surface area contributed by atoms with Gasteiger partial charge in [0.05, 0.1) is 0 Å². The predicted octanol–water partition coefficient (Wildman–Crippen LogP) is 7.10. The third kappa shape index (κ3) is 2.97. The van der Waals surface area contributed by atoms with Gasteiger partial charge in [0, 0.05) is 9.58 Å². The van der Waals surface area contributed by atoms with Gasteiger partial charge in [-0.3, -0.25) is 0 Å². The van der Waals surface area contributed by atoms with Crippen molar-refractivity contribution in [3.63, 3.8) is 0 Å². The molecule has 1 aromatic heterocycles. The van der Waals surface area contributed by atoms with E-state index in [1.54, 1.807) is 10.4 Å². The molecule has 1 heteroatoms. The van der Waals surface area contributed by atoms with Gasteiger partial charge >= 0.3 is 0 Å². The van der Waals surface area contributed by atoms with E-state index < -0.39 is 0 Å². The summed E-state index contributed by atoms with van der Waals surface area (Å²) in [6, 6.07) is 4.66. The Morgan fingerprint density at radius 3 is 1.68 bits per heavy atom. The quantitative estimate of drug-likeness (QED) is 0.486. The number of thiophene rings is 1. The number of rotatable bonds is 0. The van der Waals surface area contributed by atoms with E-state index >= 15 is 0 Å². The molecule has 0 spiro atoms. The van der Waals surface area contributed by atoms with E-state index in [1.165, 1.54) is 21.2 Å². The van der Waals surface area contributed by atoms with Gasteiger partial charge in [-0.05, 0) is 45.2 Å². The monoisotopic (exact) mass is 316 g/mol. The minimum atomic E-state index is 0.169. The molecule has 122 valence electrons. The maximum Gasteiger partial charge on any atom is 0.0388 e. The van der Waals surface area contributed by atoms with Crippen LogP contribution in [0.3, 0.4) is 0 Å². The molecular formula is C21H32S. The molecule has 0 N–H and O–H groups in total. The van der Waals surface area contributed by atoms with Crippen molar-refractivity contribution in [2.24, 2.45) is 0 Å². The highest BCUT2D eigenvalue weighted by molar-refractivity contribution is 7.19. The van der Waals surface area contributed by atoms with Crippen LogP contribution in [-0.4, -0.2) is 0 Å². The van der Waals surface area contributed by atoms with Crippen LogP contribution in [0.1, 0.15) is 83.9 Å². The summed E-state index contributed by atoms with van der Waals surface area (Å²) in [6.45, 7) is 23.3. The summed E-state index contributed by atoms with van der Waals surface area (Å²) in [5.41, 5.74) is 5.00. The lowest BCUT2D eigenvalue weighted by molar-refractivity contribution is 0.545. The first kappa shape index (κ1) is 17.5. The van der Waals surface area contributed by atoms with Crippen molar-refractivity contribution in [1.82, 2.24) is 0 Å². The van der Waals surface area contributed by atoms with E-state index in [-0.39, 0.29) is 16.2 Å². The number of hydrogen-bond donors (Lipinski definition) is 0. The summed E-state index contributed by atoms with van der Waals surface area (Å²) in [5.74, 6) is 0. The van der Waals surface area contributed by atoms with Crippen LogP contribution in [0.4, 0.5) is 0 Å². The summed E-state index contributed by atoms with van der Waals surface area (Å²) >= 11 is 2.03. The zero-order chi connectivity index (χ0) is 17.1. The Morgan fingerprint density at radius 2 is 1.27 bits per heavy atom. The molecule has 22 heavy (non-hydrogen) atoms. The molecule has 2 rings (SSSR count). The lowest BCUT2D eigenvalue weighted by Gasteiger charge is -2.27. The molecule has 0 atom stereocenters. The van der Waals surface area contributed by atoms with E-state index in [2.05, 4.69) is 81.4 Å². The molecule has 0 saturated carbocycles. The first-order valence-electron chi connectivity index (χ1n) is 8.32. The van der Waals surface area contributed by atoms with Gasteiger partial charge < -0.3 is 0 Å². The molecule has 1 heterocycles. The van der Waals surface area contributed by atoms with Crippen LogP contribution >= 0.6 is 11.3 Å². The van der Waals surface area contributed by atoms with Crippen LogP contribution in [0.2, 0.25) is 0 Å². The SMILES string of the molecule is Cc1ccc(C(C)(C)C)c2sc(C(C)(C)C)c(C(C)(C)C)c12. The second-order valence-electron chi connectivity index (χ2n) is 9.69. The normalized spacial score (nSPS) is 13.9. The lowest BCUT2D eigenvalue weighted by atomic mass is 9.77. The van der Waals surface area contributed by atoms with Crippen LogP contribution in [0.15, 0.2) is 12.1 Å². The maximum absolute atomic E-state index is 2.35. The topological polar surface area (TPSA) is 0 Å². The molecule has 0 saturated heterocycles. The Labute approximate surface area is 140 Å². The Kier molecular flexibility index (Phi) is 4.06. The van der Waals surface area contributed by atoms with Gasteiger partial charge in [0.2, 0.25) is 0 Å². The fraction of sp³-hybridized carbons (Fsp3) is 0.619. The van der Waals surface area contributed by atoms with Crippen molar-refractivity contribution in [3.8, 4) is 0 Å². The van der Waals surface area contributed by atoms with E-state index in [0.717, 1.165) is 0 Å².